The number of aliphatic hydroxyl groups excluding tert-OH is 1. The Kier molecular flexibility index (Phi) is 4.83. The molecule has 1 saturated heterocycles. The second-order valence-electron chi connectivity index (χ2n) is 8.72. The molecule has 25 heavy (non-hydrogen) atoms. The number of nitrogens with one attached hydrogen (secondary N) is 2. The minimum Gasteiger partial charge on any atom is -0.391 e. The van der Waals surface area contributed by atoms with Crippen LogP contribution in [0.3, 0.4) is 0 Å². The van der Waals surface area contributed by atoms with Gasteiger partial charge in [-0.25, -0.2) is 0 Å². The zero-order chi connectivity index (χ0) is 17.2. The highest BCUT2D eigenvalue weighted by Gasteiger charge is 2.68. The van der Waals surface area contributed by atoms with Gasteiger partial charge in [-0.2, -0.15) is 13.2 Å². The van der Waals surface area contributed by atoms with Gasteiger partial charge in [0.05, 0.1) is 16.9 Å². The summed E-state index contributed by atoms with van der Waals surface area (Å²) >= 11 is 0. The Morgan fingerprint density at radius 1 is 1.16 bits per heavy atom. The van der Waals surface area contributed by atoms with E-state index in [0.29, 0.717) is 32.5 Å². The Hall–Kier alpha value is -0.530. The first-order valence-electron chi connectivity index (χ1n) is 8.97. The van der Waals surface area contributed by atoms with E-state index in [1.54, 1.807) is 0 Å². The Balaban J connectivity index is 0.00000182. The Bertz CT molecular complexity index is 528. The molecule has 4 unspecified atom stereocenters. The highest BCUT2D eigenvalue weighted by molar-refractivity contribution is 5.85. The van der Waals surface area contributed by atoms with Crippen molar-refractivity contribution in [2.24, 2.45) is 28.6 Å². The number of β-amino-alcohol motifs (C(OH)–C–C–N with tert-alkyl or cyclic N) is 1. The van der Waals surface area contributed by atoms with Gasteiger partial charge in [0.2, 0.25) is 5.91 Å². The first kappa shape index (κ1) is 19.2. The summed E-state index contributed by atoms with van der Waals surface area (Å²) in [6.07, 6.45) is -2.32. The van der Waals surface area contributed by atoms with Crippen LogP contribution in [0.15, 0.2) is 0 Å². The fourth-order valence-corrected chi connectivity index (χ4v) is 6.20. The van der Waals surface area contributed by atoms with Gasteiger partial charge < -0.3 is 15.7 Å². The van der Waals surface area contributed by atoms with Crippen molar-refractivity contribution in [3.8, 4) is 0 Å². The van der Waals surface area contributed by atoms with Crippen molar-refractivity contribution in [3.63, 3.8) is 0 Å². The molecule has 1 aliphatic heterocycles. The van der Waals surface area contributed by atoms with Crippen molar-refractivity contribution in [1.82, 2.24) is 10.6 Å². The maximum atomic E-state index is 13.7. The van der Waals surface area contributed by atoms with Gasteiger partial charge >= 0.3 is 6.18 Å². The summed E-state index contributed by atoms with van der Waals surface area (Å²) in [4.78, 5) is 12.8. The topological polar surface area (TPSA) is 61.4 Å². The van der Waals surface area contributed by atoms with Crippen LogP contribution >= 0.6 is 12.4 Å². The first-order chi connectivity index (χ1) is 11.2. The Morgan fingerprint density at radius 2 is 1.80 bits per heavy atom. The van der Waals surface area contributed by atoms with Gasteiger partial charge in [-0.3, -0.25) is 4.79 Å². The number of carbonyl (C=O) groups is 1. The monoisotopic (exact) mass is 382 g/mol. The zero-order valence-corrected chi connectivity index (χ0v) is 14.9. The van der Waals surface area contributed by atoms with Crippen LogP contribution in [0.4, 0.5) is 13.2 Å². The number of hydrogen-bond acceptors (Lipinski definition) is 3. The fraction of sp³-hybridized carbons (Fsp3) is 0.941. The van der Waals surface area contributed by atoms with Gasteiger partial charge in [0.15, 0.2) is 0 Å². The Morgan fingerprint density at radius 3 is 2.32 bits per heavy atom. The van der Waals surface area contributed by atoms with E-state index in [1.165, 1.54) is 0 Å². The summed E-state index contributed by atoms with van der Waals surface area (Å²) in [5, 5.41) is 15.8. The number of rotatable bonds is 3. The molecule has 5 fully saturated rings. The quantitative estimate of drug-likeness (QED) is 0.701. The third-order valence-electron chi connectivity index (χ3n) is 6.97. The number of aliphatic hydroxyl groups is 1. The van der Waals surface area contributed by atoms with Gasteiger partial charge in [0, 0.05) is 25.6 Å². The molecule has 0 aromatic rings. The van der Waals surface area contributed by atoms with Gasteiger partial charge in [0.1, 0.15) is 0 Å². The normalized spacial score (nSPS) is 45.3. The van der Waals surface area contributed by atoms with Crippen LogP contribution < -0.4 is 10.6 Å². The number of amides is 1. The van der Waals surface area contributed by atoms with Crippen molar-refractivity contribution < 1.29 is 23.1 Å². The maximum absolute atomic E-state index is 13.7. The molecule has 0 aromatic carbocycles. The Labute approximate surface area is 151 Å². The van der Waals surface area contributed by atoms with Crippen molar-refractivity contribution in [3.05, 3.63) is 0 Å². The third-order valence-corrected chi connectivity index (χ3v) is 6.97. The molecule has 1 amide bonds. The molecule has 3 N–H and O–H groups in total. The van der Waals surface area contributed by atoms with E-state index in [1.807, 2.05) is 0 Å². The molecule has 4 atom stereocenters. The summed E-state index contributed by atoms with van der Waals surface area (Å²) in [6, 6.07) is 0. The van der Waals surface area contributed by atoms with Crippen molar-refractivity contribution >= 4 is 18.3 Å². The number of hydrogen-bond donors (Lipinski definition) is 3. The highest BCUT2D eigenvalue weighted by Crippen LogP contribution is 2.69. The third kappa shape index (κ3) is 3.06. The second-order valence-corrected chi connectivity index (χ2v) is 8.72. The second kappa shape index (κ2) is 6.27. The largest absolute Gasteiger partial charge is 0.394 e. The lowest BCUT2D eigenvalue weighted by atomic mass is 9.43. The molecule has 8 heteroatoms. The molecule has 5 rings (SSSR count). The van der Waals surface area contributed by atoms with E-state index in [9.17, 15) is 23.1 Å². The van der Waals surface area contributed by atoms with Crippen LogP contribution in [-0.2, 0) is 4.79 Å². The van der Waals surface area contributed by atoms with Gasteiger partial charge in [-0.1, -0.05) is 0 Å². The average Bonchev–Trinajstić information content (AvgIpc) is 2.87. The average molecular weight is 383 g/mol. The van der Waals surface area contributed by atoms with E-state index in [-0.39, 0.29) is 55.3 Å². The maximum Gasteiger partial charge on any atom is 0.394 e. The summed E-state index contributed by atoms with van der Waals surface area (Å²) in [5.74, 6) is -0.224. The molecule has 1 heterocycles. The van der Waals surface area contributed by atoms with Crippen molar-refractivity contribution in [1.29, 1.82) is 0 Å². The highest BCUT2D eigenvalue weighted by atomic mass is 35.5. The predicted octanol–water partition coefficient (Wildman–Crippen LogP) is 2.25. The van der Waals surface area contributed by atoms with Crippen LogP contribution in [0.5, 0.6) is 0 Å². The molecular weight excluding hydrogens is 357 g/mol. The van der Waals surface area contributed by atoms with Crippen molar-refractivity contribution in [2.75, 3.05) is 19.6 Å². The lowest BCUT2D eigenvalue weighted by Gasteiger charge is -2.61. The number of halogens is 4. The smallest absolute Gasteiger partial charge is 0.391 e. The summed E-state index contributed by atoms with van der Waals surface area (Å²) in [6.45, 7) is 1.47. The minimum absolute atomic E-state index is 0. The lowest BCUT2D eigenvalue weighted by Crippen LogP contribution is -2.61. The number of carbonyl (C=O) groups excluding carboxylic acids is 1. The van der Waals surface area contributed by atoms with Gasteiger partial charge in [-0.05, 0) is 50.4 Å². The van der Waals surface area contributed by atoms with Gasteiger partial charge in [0.25, 0.3) is 0 Å². The summed E-state index contributed by atoms with van der Waals surface area (Å²) < 4.78 is 41.2. The molecule has 5 aliphatic rings. The molecule has 0 spiro atoms. The molecule has 4 nitrogen and oxygen atoms in total. The number of alkyl halides is 3. The molecule has 4 aliphatic carbocycles. The summed E-state index contributed by atoms with van der Waals surface area (Å²) in [7, 11) is 0. The molecule has 0 aromatic heterocycles. The SMILES string of the molecule is Cl.O=C(NCC1CNCC1O)C12CC3CC(C1)CC(C(F)(F)F)(C3)C2. The van der Waals surface area contributed by atoms with E-state index in [2.05, 4.69) is 10.6 Å². The van der Waals surface area contributed by atoms with Crippen LogP contribution in [0.1, 0.15) is 38.5 Å². The molecular formula is C17H26ClF3N2O2. The van der Waals surface area contributed by atoms with Crippen LogP contribution in [0.2, 0.25) is 0 Å². The molecule has 4 saturated carbocycles. The predicted molar refractivity (Wildman–Crippen MR) is 88.2 cm³/mol. The van der Waals surface area contributed by atoms with Crippen LogP contribution in [0, 0.1) is 28.6 Å². The lowest BCUT2D eigenvalue weighted by molar-refractivity contribution is -0.283. The first-order valence-corrected chi connectivity index (χ1v) is 8.97. The van der Waals surface area contributed by atoms with E-state index >= 15 is 0 Å². The van der Waals surface area contributed by atoms with Crippen LogP contribution in [0.25, 0.3) is 0 Å². The standard InChI is InChI=1S/C17H25F3N2O2.ClH/c18-17(19,20)16-4-10-1-11(5-16)3-15(2-10,9-16)14(24)22-7-12-6-21-8-13(12)23;/h10-13,21,23H,1-9H2,(H,22,24);1H. The fourth-order valence-electron chi connectivity index (χ4n) is 6.20. The summed E-state index contributed by atoms with van der Waals surface area (Å²) in [5.41, 5.74) is -2.50. The van der Waals surface area contributed by atoms with E-state index in [0.717, 1.165) is 6.42 Å². The van der Waals surface area contributed by atoms with Crippen LogP contribution in [-0.4, -0.2) is 42.9 Å². The van der Waals surface area contributed by atoms with E-state index in [4.69, 9.17) is 0 Å². The molecule has 0 radical (unpaired) electrons. The zero-order valence-electron chi connectivity index (χ0n) is 14.1. The molecule has 4 bridgehead atoms. The minimum atomic E-state index is -4.22. The van der Waals surface area contributed by atoms with Gasteiger partial charge in [-0.15, -0.1) is 12.4 Å². The molecule has 144 valence electrons. The van der Waals surface area contributed by atoms with Crippen molar-refractivity contribution in [2.45, 2.75) is 50.8 Å². The van der Waals surface area contributed by atoms with E-state index < -0.39 is 23.1 Å².